The Morgan fingerprint density at radius 3 is 2.09 bits per heavy atom. The Morgan fingerprint density at radius 1 is 0.907 bits per heavy atom. The van der Waals surface area contributed by atoms with E-state index in [0.29, 0.717) is 24.9 Å². The lowest BCUT2D eigenvalue weighted by Crippen LogP contribution is -2.57. The lowest BCUT2D eigenvalue weighted by Gasteiger charge is -2.45. The van der Waals surface area contributed by atoms with Gasteiger partial charge in [-0.25, -0.2) is 4.98 Å². The number of benzene rings is 3. The van der Waals surface area contributed by atoms with E-state index in [1.807, 2.05) is 66.7 Å². The zero-order chi connectivity index (χ0) is 30.4. The molecule has 4 aromatic rings. The number of anilines is 1. The number of alkyl halides is 3. The second-order valence-electron chi connectivity index (χ2n) is 12.1. The van der Waals surface area contributed by atoms with Gasteiger partial charge in [0.1, 0.15) is 12.0 Å². The topological polar surface area (TPSA) is 53.4 Å². The van der Waals surface area contributed by atoms with Crippen LogP contribution < -0.4 is 10.2 Å². The van der Waals surface area contributed by atoms with Crippen LogP contribution in [-0.2, 0) is 17.3 Å². The van der Waals surface area contributed by atoms with Gasteiger partial charge in [-0.05, 0) is 67.6 Å². The van der Waals surface area contributed by atoms with Crippen molar-refractivity contribution in [3.05, 3.63) is 83.9 Å². The van der Waals surface area contributed by atoms with Crippen molar-refractivity contribution in [3.8, 4) is 11.1 Å². The molecular formula is C34H38F3N5O. The number of rotatable bonds is 8. The molecule has 1 N–H and O–H groups in total. The number of fused-ring (bicyclic) bond motifs is 4. The van der Waals surface area contributed by atoms with Crippen molar-refractivity contribution >= 4 is 22.9 Å². The monoisotopic (exact) mass is 589 g/mol. The minimum Gasteiger partial charge on any atom is -0.346 e. The average Bonchev–Trinajstić information content (AvgIpc) is 3.48. The lowest BCUT2D eigenvalue weighted by molar-refractivity contribution is -0.141. The molecule has 43 heavy (non-hydrogen) atoms. The van der Waals surface area contributed by atoms with Gasteiger partial charge in [-0.2, -0.15) is 13.2 Å². The standard InChI is InChI=1S/C34H38F3N5O/c1-23-20-41(32-39-29-16-8-9-17-30(29)40(32)3)21-24(2)42(23)19-11-10-18-33(31(43)38-22-34(35,36)37)27-14-6-4-12-25(27)26-13-5-7-15-28(26)33/h4-9,12-17,23-24H,10-11,18-22H2,1-3H3,(H,38,43)/t23-,24+. The van der Waals surface area contributed by atoms with E-state index in [-0.39, 0.29) is 0 Å². The SMILES string of the molecule is C[C@@H]1CN(c2nc3ccccc3n2C)C[C@H](C)N1CCCCC1(C(=O)NCC(F)(F)F)c2ccccc2-c2ccccc21. The normalized spacial score (nSPS) is 19.8. The maximum absolute atomic E-state index is 13.8. The van der Waals surface area contributed by atoms with Gasteiger partial charge in [-0.3, -0.25) is 9.69 Å². The van der Waals surface area contributed by atoms with Gasteiger partial charge in [-0.15, -0.1) is 0 Å². The summed E-state index contributed by atoms with van der Waals surface area (Å²) in [5, 5.41) is 2.24. The predicted octanol–water partition coefficient (Wildman–Crippen LogP) is 6.29. The smallest absolute Gasteiger partial charge is 0.346 e. The van der Waals surface area contributed by atoms with Crippen LogP contribution in [0.3, 0.4) is 0 Å². The highest BCUT2D eigenvalue weighted by atomic mass is 19.4. The molecule has 9 heteroatoms. The number of hydrogen-bond acceptors (Lipinski definition) is 4. The first-order chi connectivity index (χ1) is 20.6. The molecule has 6 nitrogen and oxygen atoms in total. The van der Waals surface area contributed by atoms with Gasteiger partial charge in [0, 0.05) is 32.2 Å². The Bertz CT molecular complexity index is 1570. The van der Waals surface area contributed by atoms with Gasteiger partial charge in [0.2, 0.25) is 11.9 Å². The average molecular weight is 590 g/mol. The molecule has 2 heterocycles. The van der Waals surface area contributed by atoms with E-state index in [9.17, 15) is 18.0 Å². The molecule has 3 aromatic carbocycles. The van der Waals surface area contributed by atoms with Gasteiger partial charge in [0.25, 0.3) is 0 Å². The first-order valence-electron chi connectivity index (χ1n) is 15.1. The fourth-order valence-electron chi connectivity index (χ4n) is 7.35. The van der Waals surface area contributed by atoms with Crippen LogP contribution in [0.1, 0.15) is 44.2 Å². The Hall–Kier alpha value is -3.85. The molecule has 1 amide bonds. The number of aryl methyl sites for hydroxylation is 1. The first kappa shape index (κ1) is 29.2. The summed E-state index contributed by atoms with van der Waals surface area (Å²) in [6.45, 7) is 5.69. The third kappa shape index (κ3) is 5.28. The van der Waals surface area contributed by atoms with Crippen LogP contribution in [-0.4, -0.2) is 64.8 Å². The molecule has 2 aliphatic rings. The first-order valence-corrected chi connectivity index (χ1v) is 15.1. The van der Waals surface area contributed by atoms with E-state index in [1.165, 1.54) is 0 Å². The quantitative estimate of drug-likeness (QED) is 0.246. The fourth-order valence-corrected chi connectivity index (χ4v) is 7.35. The Labute approximate surface area is 250 Å². The number of halogens is 3. The Morgan fingerprint density at radius 2 is 1.49 bits per heavy atom. The Kier molecular flexibility index (Phi) is 7.71. The van der Waals surface area contributed by atoms with Crippen LogP contribution in [0, 0.1) is 0 Å². The van der Waals surface area contributed by atoms with E-state index >= 15 is 0 Å². The van der Waals surface area contributed by atoms with E-state index in [1.54, 1.807) is 0 Å². The summed E-state index contributed by atoms with van der Waals surface area (Å²) >= 11 is 0. The summed E-state index contributed by atoms with van der Waals surface area (Å²) in [5.41, 5.74) is 4.35. The third-order valence-corrected chi connectivity index (χ3v) is 9.27. The zero-order valence-electron chi connectivity index (χ0n) is 24.9. The summed E-state index contributed by atoms with van der Waals surface area (Å²) in [6, 6.07) is 24.0. The molecule has 1 aliphatic heterocycles. The molecular weight excluding hydrogens is 551 g/mol. The second-order valence-corrected chi connectivity index (χ2v) is 12.1. The summed E-state index contributed by atoms with van der Waals surface area (Å²) in [6.07, 6.45) is -2.51. The van der Waals surface area contributed by atoms with Crippen LogP contribution in [0.5, 0.6) is 0 Å². The summed E-state index contributed by atoms with van der Waals surface area (Å²) in [5.74, 6) is 0.393. The molecule has 0 saturated carbocycles. The van der Waals surface area contributed by atoms with Crippen molar-refractivity contribution in [1.82, 2.24) is 19.8 Å². The summed E-state index contributed by atoms with van der Waals surface area (Å²) in [7, 11) is 2.06. The molecule has 1 saturated heterocycles. The van der Waals surface area contributed by atoms with E-state index < -0.39 is 24.0 Å². The predicted molar refractivity (Wildman–Crippen MR) is 164 cm³/mol. The number of nitrogens with one attached hydrogen (secondary N) is 1. The van der Waals surface area contributed by atoms with Crippen molar-refractivity contribution in [2.24, 2.45) is 7.05 Å². The van der Waals surface area contributed by atoms with Crippen LogP contribution in [0.25, 0.3) is 22.2 Å². The fraction of sp³-hybridized carbons (Fsp3) is 0.412. The second kappa shape index (κ2) is 11.3. The highest BCUT2D eigenvalue weighted by Crippen LogP contribution is 2.51. The lowest BCUT2D eigenvalue weighted by atomic mass is 9.73. The third-order valence-electron chi connectivity index (χ3n) is 9.27. The van der Waals surface area contributed by atoms with Crippen molar-refractivity contribution in [2.45, 2.75) is 56.8 Å². The maximum atomic E-state index is 13.8. The zero-order valence-corrected chi connectivity index (χ0v) is 24.9. The van der Waals surface area contributed by atoms with Crippen LogP contribution in [0.15, 0.2) is 72.8 Å². The summed E-state index contributed by atoms with van der Waals surface area (Å²) in [4.78, 5) is 23.5. The number of carbonyl (C=O) groups excluding carboxylic acids is 1. The molecule has 1 aromatic heterocycles. The highest BCUT2D eigenvalue weighted by Gasteiger charge is 2.49. The Balaban J connectivity index is 1.17. The molecule has 2 atom stereocenters. The van der Waals surface area contributed by atoms with Crippen molar-refractivity contribution in [3.63, 3.8) is 0 Å². The number of unbranched alkanes of at least 4 members (excludes halogenated alkanes) is 1. The largest absolute Gasteiger partial charge is 0.405 e. The number of hydrogen-bond donors (Lipinski definition) is 1. The highest BCUT2D eigenvalue weighted by molar-refractivity contribution is 6.00. The molecule has 0 unspecified atom stereocenters. The number of aromatic nitrogens is 2. The van der Waals surface area contributed by atoms with Gasteiger partial charge in [0.15, 0.2) is 0 Å². The van der Waals surface area contributed by atoms with Crippen LogP contribution in [0.4, 0.5) is 19.1 Å². The van der Waals surface area contributed by atoms with Crippen molar-refractivity contribution < 1.29 is 18.0 Å². The van der Waals surface area contributed by atoms with Crippen LogP contribution in [0.2, 0.25) is 0 Å². The van der Waals surface area contributed by atoms with E-state index in [2.05, 4.69) is 46.6 Å². The van der Waals surface area contributed by atoms with Crippen molar-refractivity contribution in [1.29, 1.82) is 0 Å². The molecule has 1 aliphatic carbocycles. The molecule has 226 valence electrons. The van der Waals surface area contributed by atoms with Gasteiger partial charge >= 0.3 is 6.18 Å². The molecule has 1 fully saturated rings. The number of amides is 1. The van der Waals surface area contributed by atoms with Gasteiger partial charge in [0.05, 0.1) is 11.0 Å². The van der Waals surface area contributed by atoms with E-state index in [0.717, 1.165) is 65.3 Å². The van der Waals surface area contributed by atoms with Gasteiger partial charge in [-0.1, -0.05) is 67.1 Å². The number of carbonyl (C=O) groups is 1. The molecule has 6 rings (SSSR count). The molecule has 0 bridgehead atoms. The number of para-hydroxylation sites is 2. The minimum atomic E-state index is -4.48. The molecule has 0 radical (unpaired) electrons. The van der Waals surface area contributed by atoms with Crippen LogP contribution >= 0.6 is 0 Å². The summed E-state index contributed by atoms with van der Waals surface area (Å²) < 4.78 is 41.7. The van der Waals surface area contributed by atoms with E-state index in [4.69, 9.17) is 4.98 Å². The minimum absolute atomic E-state index is 0.292. The van der Waals surface area contributed by atoms with Gasteiger partial charge < -0.3 is 14.8 Å². The number of imidazole rings is 1. The number of nitrogens with zero attached hydrogens (tertiary/aromatic N) is 4. The molecule has 0 spiro atoms. The number of piperazine rings is 1. The maximum Gasteiger partial charge on any atom is 0.405 e. The van der Waals surface area contributed by atoms with Crippen molar-refractivity contribution in [2.75, 3.05) is 31.1 Å².